The first-order valence-corrected chi connectivity index (χ1v) is 9.54. The molecule has 0 radical (unpaired) electrons. The van der Waals surface area contributed by atoms with Crippen molar-refractivity contribution in [3.63, 3.8) is 0 Å². The van der Waals surface area contributed by atoms with E-state index in [1.807, 2.05) is 24.3 Å². The zero-order chi connectivity index (χ0) is 20.8. The first kappa shape index (κ1) is 20.6. The largest absolute Gasteiger partial charge is 0.478 e. The summed E-state index contributed by atoms with van der Waals surface area (Å²) in [4.78, 5) is 23.0. The maximum Gasteiger partial charge on any atom is 0.337 e. The van der Waals surface area contributed by atoms with Crippen molar-refractivity contribution in [1.82, 2.24) is 5.43 Å². The molecular weight excluding hydrogens is 462 g/mol. The molecule has 0 spiro atoms. The van der Waals surface area contributed by atoms with Gasteiger partial charge in [0.1, 0.15) is 11.5 Å². The van der Waals surface area contributed by atoms with E-state index in [1.54, 1.807) is 18.2 Å². The molecule has 1 aromatic heterocycles. The van der Waals surface area contributed by atoms with Gasteiger partial charge in [0.05, 0.1) is 23.3 Å². The van der Waals surface area contributed by atoms with Gasteiger partial charge in [0.2, 0.25) is 0 Å². The Morgan fingerprint density at radius 1 is 1.14 bits per heavy atom. The van der Waals surface area contributed by atoms with Crippen LogP contribution in [0.25, 0.3) is 11.3 Å². The van der Waals surface area contributed by atoms with Gasteiger partial charge in [0, 0.05) is 15.7 Å². The maximum absolute atomic E-state index is 11.8. The Bertz CT molecular complexity index is 1060. The molecule has 7 nitrogen and oxygen atoms in total. The van der Waals surface area contributed by atoms with Gasteiger partial charge in [-0.2, -0.15) is 5.10 Å². The van der Waals surface area contributed by atoms with Crippen LogP contribution >= 0.6 is 27.5 Å². The van der Waals surface area contributed by atoms with E-state index in [1.165, 1.54) is 18.3 Å². The first-order chi connectivity index (χ1) is 13.9. The highest BCUT2D eigenvalue weighted by Crippen LogP contribution is 2.26. The second kappa shape index (κ2) is 9.40. The number of carbonyl (C=O) groups excluding carboxylic acids is 1. The summed E-state index contributed by atoms with van der Waals surface area (Å²) < 4.78 is 6.56. The van der Waals surface area contributed by atoms with Crippen molar-refractivity contribution in [3.8, 4) is 11.3 Å². The Morgan fingerprint density at radius 3 is 2.62 bits per heavy atom. The average Bonchev–Trinajstić information content (AvgIpc) is 3.16. The summed E-state index contributed by atoms with van der Waals surface area (Å²) in [5.74, 6) is -0.591. The third-order valence-electron chi connectivity index (χ3n) is 3.79. The number of carbonyl (C=O) groups is 2. The standard InChI is InChI=1S/C20H15BrClN3O4/c21-13-2-4-14(5-3-13)23-11-19(26)25-24-10-15-6-8-18(29-15)12-1-7-17(22)16(9-12)20(27)28/h1-10,23H,11H2,(H,25,26)(H,27,28)/b24-10-. The third-order valence-corrected chi connectivity index (χ3v) is 4.64. The van der Waals surface area contributed by atoms with Gasteiger partial charge < -0.3 is 14.8 Å². The molecule has 148 valence electrons. The molecule has 9 heteroatoms. The molecule has 3 rings (SSSR count). The van der Waals surface area contributed by atoms with Crippen molar-refractivity contribution < 1.29 is 19.1 Å². The predicted octanol–water partition coefficient (Wildman–Crippen LogP) is 4.62. The lowest BCUT2D eigenvalue weighted by Gasteiger charge is -2.04. The predicted molar refractivity (Wildman–Crippen MR) is 114 cm³/mol. The number of nitrogens with zero attached hydrogens (tertiary/aromatic N) is 1. The van der Waals surface area contributed by atoms with Gasteiger partial charge >= 0.3 is 5.97 Å². The van der Waals surface area contributed by atoms with E-state index in [9.17, 15) is 9.59 Å². The molecule has 0 fully saturated rings. The van der Waals surface area contributed by atoms with Gasteiger partial charge in [-0.05, 0) is 54.6 Å². The second-order valence-electron chi connectivity index (χ2n) is 5.86. The van der Waals surface area contributed by atoms with Crippen molar-refractivity contribution in [1.29, 1.82) is 0 Å². The van der Waals surface area contributed by atoms with Crippen LogP contribution in [-0.4, -0.2) is 29.7 Å². The molecule has 0 bridgehead atoms. The molecular formula is C20H15BrClN3O4. The normalized spacial score (nSPS) is 10.8. The van der Waals surface area contributed by atoms with E-state index in [0.717, 1.165) is 10.2 Å². The van der Waals surface area contributed by atoms with Crippen LogP contribution in [0.5, 0.6) is 0 Å². The second-order valence-corrected chi connectivity index (χ2v) is 7.18. The summed E-state index contributed by atoms with van der Waals surface area (Å²) in [6, 6.07) is 15.3. The number of hydrogen-bond donors (Lipinski definition) is 3. The Hall–Kier alpha value is -3.10. The molecule has 2 aromatic carbocycles. The van der Waals surface area contributed by atoms with Crippen molar-refractivity contribution in [2.45, 2.75) is 0 Å². The Balaban J connectivity index is 1.56. The van der Waals surface area contributed by atoms with Crippen LogP contribution in [0, 0.1) is 0 Å². The van der Waals surface area contributed by atoms with Gasteiger partial charge in [0.25, 0.3) is 5.91 Å². The zero-order valence-electron chi connectivity index (χ0n) is 14.9. The number of rotatable bonds is 7. The van der Waals surface area contributed by atoms with E-state index < -0.39 is 5.97 Å². The Labute approximate surface area is 179 Å². The summed E-state index contributed by atoms with van der Waals surface area (Å²) in [5.41, 5.74) is 3.76. The summed E-state index contributed by atoms with van der Waals surface area (Å²) in [6.45, 7) is 0.0606. The molecule has 29 heavy (non-hydrogen) atoms. The van der Waals surface area contributed by atoms with Gasteiger partial charge in [0.15, 0.2) is 0 Å². The highest BCUT2D eigenvalue weighted by molar-refractivity contribution is 9.10. The quantitative estimate of drug-likeness (QED) is 0.341. The van der Waals surface area contributed by atoms with Crippen molar-refractivity contribution >= 4 is 51.3 Å². The fraction of sp³-hybridized carbons (Fsp3) is 0.0500. The van der Waals surface area contributed by atoms with Crippen LogP contribution in [0.2, 0.25) is 5.02 Å². The van der Waals surface area contributed by atoms with E-state index in [4.69, 9.17) is 21.1 Å². The maximum atomic E-state index is 11.8. The fourth-order valence-corrected chi connectivity index (χ4v) is 2.84. The molecule has 1 heterocycles. The summed E-state index contributed by atoms with van der Waals surface area (Å²) >= 11 is 9.22. The lowest BCUT2D eigenvalue weighted by atomic mass is 10.1. The minimum absolute atomic E-state index is 0.0127. The van der Waals surface area contributed by atoms with Crippen LogP contribution in [0.3, 0.4) is 0 Å². The summed E-state index contributed by atoms with van der Waals surface area (Å²) in [7, 11) is 0. The average molecular weight is 477 g/mol. The van der Waals surface area contributed by atoms with Crippen molar-refractivity contribution in [2.75, 3.05) is 11.9 Å². The topological polar surface area (TPSA) is 104 Å². The number of benzene rings is 2. The van der Waals surface area contributed by atoms with Gasteiger partial charge in [-0.15, -0.1) is 0 Å². The molecule has 3 N–H and O–H groups in total. The summed E-state index contributed by atoms with van der Waals surface area (Å²) in [5, 5.41) is 16.1. The molecule has 3 aromatic rings. The van der Waals surface area contributed by atoms with Crippen molar-refractivity contribution in [3.05, 3.63) is 75.4 Å². The lowest BCUT2D eigenvalue weighted by molar-refractivity contribution is -0.119. The number of halogens is 2. The molecule has 0 aliphatic carbocycles. The number of carboxylic acid groups (broad SMARTS) is 1. The fourth-order valence-electron chi connectivity index (χ4n) is 2.38. The van der Waals surface area contributed by atoms with Crippen LogP contribution in [-0.2, 0) is 4.79 Å². The molecule has 0 unspecified atom stereocenters. The zero-order valence-corrected chi connectivity index (χ0v) is 17.2. The Morgan fingerprint density at radius 2 is 1.90 bits per heavy atom. The number of nitrogens with one attached hydrogen (secondary N) is 2. The number of carboxylic acids is 1. The number of aromatic carboxylic acids is 1. The molecule has 0 aliphatic rings. The first-order valence-electron chi connectivity index (χ1n) is 8.37. The number of amides is 1. The van der Waals surface area contributed by atoms with Crippen LogP contribution in [0.15, 0.2) is 68.6 Å². The monoisotopic (exact) mass is 475 g/mol. The van der Waals surface area contributed by atoms with E-state index in [0.29, 0.717) is 17.1 Å². The molecule has 0 saturated heterocycles. The van der Waals surface area contributed by atoms with E-state index >= 15 is 0 Å². The van der Waals surface area contributed by atoms with E-state index in [-0.39, 0.29) is 23.0 Å². The third kappa shape index (κ3) is 5.69. The summed E-state index contributed by atoms with van der Waals surface area (Å²) in [6.07, 6.45) is 1.36. The molecule has 0 saturated carbocycles. The van der Waals surface area contributed by atoms with Gasteiger partial charge in [-0.3, -0.25) is 4.79 Å². The number of anilines is 1. The highest BCUT2D eigenvalue weighted by Gasteiger charge is 2.12. The molecule has 1 amide bonds. The van der Waals surface area contributed by atoms with Crippen LogP contribution in [0.4, 0.5) is 5.69 Å². The number of furan rings is 1. The lowest BCUT2D eigenvalue weighted by Crippen LogP contribution is -2.25. The van der Waals surface area contributed by atoms with E-state index in [2.05, 4.69) is 31.8 Å². The van der Waals surface area contributed by atoms with Crippen LogP contribution < -0.4 is 10.7 Å². The highest BCUT2D eigenvalue weighted by atomic mass is 79.9. The SMILES string of the molecule is O=C(CNc1ccc(Br)cc1)N/N=C\c1ccc(-c2ccc(Cl)c(C(=O)O)c2)o1. The minimum Gasteiger partial charge on any atom is -0.478 e. The Kier molecular flexibility index (Phi) is 6.69. The van der Waals surface area contributed by atoms with Gasteiger partial charge in [-0.1, -0.05) is 27.5 Å². The number of hydrazone groups is 1. The number of hydrogen-bond acceptors (Lipinski definition) is 5. The minimum atomic E-state index is -1.12. The van der Waals surface area contributed by atoms with Gasteiger partial charge in [-0.25, -0.2) is 10.2 Å². The van der Waals surface area contributed by atoms with Crippen molar-refractivity contribution in [2.24, 2.45) is 5.10 Å². The van der Waals surface area contributed by atoms with Crippen LogP contribution in [0.1, 0.15) is 16.1 Å². The smallest absolute Gasteiger partial charge is 0.337 e. The molecule has 0 aliphatic heterocycles. The molecule has 0 atom stereocenters.